The second kappa shape index (κ2) is 8.29. The molecule has 146 valence electrons. The first kappa shape index (κ1) is 19.7. The SMILES string of the molecule is CC[C@H]1CN(c2ncc(NS(N)(=O)=O)cc2Cl)CCN1C1CCCCC1. The van der Waals surface area contributed by atoms with Crippen molar-refractivity contribution in [2.75, 3.05) is 29.3 Å². The zero-order valence-corrected chi connectivity index (χ0v) is 16.8. The van der Waals surface area contributed by atoms with Crippen molar-refractivity contribution in [2.45, 2.75) is 57.5 Å². The van der Waals surface area contributed by atoms with Gasteiger partial charge in [-0.15, -0.1) is 0 Å². The zero-order valence-electron chi connectivity index (χ0n) is 15.2. The van der Waals surface area contributed by atoms with Gasteiger partial charge in [0.05, 0.1) is 16.9 Å². The molecule has 9 heteroatoms. The summed E-state index contributed by atoms with van der Waals surface area (Å²) in [6.45, 7) is 5.01. The number of nitrogens with zero attached hydrogens (tertiary/aromatic N) is 3. The van der Waals surface area contributed by atoms with Crippen LogP contribution in [0.2, 0.25) is 5.02 Å². The number of nitrogens with one attached hydrogen (secondary N) is 1. The van der Waals surface area contributed by atoms with E-state index in [9.17, 15) is 8.42 Å². The molecule has 1 aliphatic heterocycles. The summed E-state index contributed by atoms with van der Waals surface area (Å²) in [7, 11) is -3.83. The average molecular weight is 402 g/mol. The Kier molecular flexibility index (Phi) is 6.27. The first-order chi connectivity index (χ1) is 12.4. The molecular formula is C17H28ClN5O2S. The summed E-state index contributed by atoms with van der Waals surface area (Å²) >= 11 is 6.37. The molecule has 2 fully saturated rings. The fourth-order valence-electron chi connectivity index (χ4n) is 4.20. The predicted molar refractivity (Wildman–Crippen MR) is 106 cm³/mol. The summed E-state index contributed by atoms with van der Waals surface area (Å²) < 4.78 is 24.5. The number of piperazine rings is 1. The molecule has 0 aromatic carbocycles. The van der Waals surface area contributed by atoms with Crippen molar-refractivity contribution in [3.05, 3.63) is 17.3 Å². The molecule has 0 bridgehead atoms. The van der Waals surface area contributed by atoms with Crippen molar-refractivity contribution in [3.8, 4) is 0 Å². The predicted octanol–water partition coefficient (Wildman–Crippen LogP) is 2.58. The van der Waals surface area contributed by atoms with Crippen LogP contribution in [0.3, 0.4) is 0 Å². The van der Waals surface area contributed by atoms with Crippen LogP contribution >= 0.6 is 11.6 Å². The Morgan fingerprint density at radius 2 is 2.04 bits per heavy atom. The molecule has 26 heavy (non-hydrogen) atoms. The van der Waals surface area contributed by atoms with Crippen molar-refractivity contribution in [1.29, 1.82) is 0 Å². The summed E-state index contributed by atoms with van der Waals surface area (Å²) in [5, 5.41) is 5.43. The molecule has 2 heterocycles. The molecule has 0 amide bonds. The number of nitrogens with two attached hydrogens (primary N) is 1. The van der Waals surface area contributed by atoms with Crippen LogP contribution in [-0.4, -0.2) is 50.0 Å². The number of halogens is 1. The summed E-state index contributed by atoms with van der Waals surface area (Å²) in [6, 6.07) is 2.76. The maximum absolute atomic E-state index is 11.1. The standard InChI is InChI=1S/C17H28ClN5O2S/c1-2-14-12-22(8-9-23(14)15-6-4-3-5-7-15)17-16(18)10-13(11-20-17)21-26(19,24)25/h10-11,14-15,21H,2-9,12H2,1H3,(H2,19,24,25)/t14-/m0/s1. The van der Waals surface area contributed by atoms with Crippen LogP contribution in [0.5, 0.6) is 0 Å². The Labute approximate surface area is 161 Å². The van der Waals surface area contributed by atoms with E-state index in [0.29, 0.717) is 22.9 Å². The van der Waals surface area contributed by atoms with Crippen LogP contribution in [-0.2, 0) is 10.2 Å². The van der Waals surface area contributed by atoms with E-state index in [4.69, 9.17) is 16.7 Å². The van der Waals surface area contributed by atoms with Gasteiger partial charge in [-0.3, -0.25) is 9.62 Å². The van der Waals surface area contributed by atoms with Gasteiger partial charge in [-0.1, -0.05) is 37.8 Å². The molecule has 3 rings (SSSR count). The van der Waals surface area contributed by atoms with Gasteiger partial charge in [0.1, 0.15) is 5.82 Å². The van der Waals surface area contributed by atoms with Crippen LogP contribution in [0.15, 0.2) is 12.3 Å². The van der Waals surface area contributed by atoms with Crippen molar-refractivity contribution < 1.29 is 8.42 Å². The fourth-order valence-corrected chi connectivity index (χ4v) is 4.93. The van der Waals surface area contributed by atoms with E-state index < -0.39 is 10.2 Å². The van der Waals surface area contributed by atoms with Crippen LogP contribution in [0.1, 0.15) is 45.4 Å². The van der Waals surface area contributed by atoms with E-state index in [1.165, 1.54) is 38.3 Å². The summed E-state index contributed by atoms with van der Waals surface area (Å²) in [5.41, 5.74) is 0.272. The number of rotatable bonds is 5. The first-order valence-electron chi connectivity index (χ1n) is 9.34. The van der Waals surface area contributed by atoms with Crippen molar-refractivity contribution in [1.82, 2.24) is 9.88 Å². The lowest BCUT2D eigenvalue weighted by molar-refractivity contribution is 0.0894. The normalized spacial score (nSPS) is 23.2. The summed E-state index contributed by atoms with van der Waals surface area (Å²) in [5.74, 6) is 0.702. The molecule has 1 aromatic heterocycles. The van der Waals surface area contributed by atoms with E-state index in [0.717, 1.165) is 26.1 Å². The maximum Gasteiger partial charge on any atom is 0.296 e. The molecule has 0 spiro atoms. The third-order valence-corrected chi connectivity index (χ3v) is 6.22. The number of anilines is 2. The van der Waals surface area contributed by atoms with Gasteiger partial charge in [-0.05, 0) is 25.3 Å². The smallest absolute Gasteiger partial charge is 0.296 e. The Morgan fingerprint density at radius 3 is 2.65 bits per heavy atom. The molecule has 1 saturated carbocycles. The maximum atomic E-state index is 11.1. The lowest BCUT2D eigenvalue weighted by Gasteiger charge is -2.46. The second-order valence-corrected chi connectivity index (χ2v) is 8.92. The monoisotopic (exact) mass is 401 g/mol. The number of pyridine rings is 1. The van der Waals surface area contributed by atoms with Crippen molar-refractivity contribution in [2.24, 2.45) is 5.14 Å². The molecular weight excluding hydrogens is 374 g/mol. The Balaban J connectivity index is 1.70. The van der Waals surface area contributed by atoms with Crippen molar-refractivity contribution in [3.63, 3.8) is 0 Å². The first-order valence-corrected chi connectivity index (χ1v) is 11.3. The summed E-state index contributed by atoms with van der Waals surface area (Å²) in [4.78, 5) is 9.27. The Morgan fingerprint density at radius 1 is 1.31 bits per heavy atom. The average Bonchev–Trinajstić information content (AvgIpc) is 2.61. The third kappa shape index (κ3) is 4.79. The number of hydrogen-bond donors (Lipinski definition) is 2. The highest BCUT2D eigenvalue weighted by atomic mass is 35.5. The fraction of sp³-hybridized carbons (Fsp3) is 0.706. The van der Waals surface area contributed by atoms with E-state index in [-0.39, 0.29) is 5.69 Å². The van der Waals surface area contributed by atoms with Gasteiger partial charge < -0.3 is 4.90 Å². The highest BCUT2D eigenvalue weighted by Gasteiger charge is 2.32. The largest absolute Gasteiger partial charge is 0.353 e. The summed E-state index contributed by atoms with van der Waals surface area (Å²) in [6.07, 6.45) is 9.22. The van der Waals surface area contributed by atoms with Gasteiger partial charge in [0.25, 0.3) is 10.2 Å². The van der Waals surface area contributed by atoms with Crippen LogP contribution in [0.4, 0.5) is 11.5 Å². The lowest BCUT2D eigenvalue weighted by Crippen LogP contribution is -2.57. The van der Waals surface area contributed by atoms with E-state index in [1.54, 1.807) is 6.07 Å². The van der Waals surface area contributed by atoms with Crippen LogP contribution in [0.25, 0.3) is 0 Å². The molecule has 1 saturated heterocycles. The lowest BCUT2D eigenvalue weighted by atomic mass is 9.92. The molecule has 0 unspecified atom stereocenters. The topological polar surface area (TPSA) is 91.6 Å². The molecule has 3 N–H and O–H groups in total. The molecule has 1 aliphatic carbocycles. The quantitative estimate of drug-likeness (QED) is 0.791. The van der Waals surface area contributed by atoms with Gasteiger partial charge in [-0.2, -0.15) is 8.42 Å². The number of hydrogen-bond acceptors (Lipinski definition) is 5. The highest BCUT2D eigenvalue weighted by molar-refractivity contribution is 7.90. The Bertz CT molecular complexity index is 724. The Hall–Kier alpha value is -1.09. The highest BCUT2D eigenvalue weighted by Crippen LogP contribution is 2.31. The minimum absolute atomic E-state index is 0.272. The molecule has 1 aromatic rings. The second-order valence-electron chi connectivity index (χ2n) is 7.21. The molecule has 1 atom stereocenters. The number of aromatic nitrogens is 1. The van der Waals surface area contributed by atoms with E-state index in [2.05, 4.69) is 26.4 Å². The van der Waals surface area contributed by atoms with Gasteiger partial charge >= 0.3 is 0 Å². The molecule has 0 radical (unpaired) electrons. The minimum atomic E-state index is -3.83. The minimum Gasteiger partial charge on any atom is -0.353 e. The van der Waals surface area contributed by atoms with E-state index >= 15 is 0 Å². The van der Waals surface area contributed by atoms with E-state index in [1.807, 2.05) is 0 Å². The van der Waals surface area contributed by atoms with Crippen LogP contribution < -0.4 is 14.8 Å². The third-order valence-electron chi connectivity index (χ3n) is 5.42. The van der Waals surface area contributed by atoms with Gasteiger partial charge in [0.2, 0.25) is 0 Å². The zero-order chi connectivity index (χ0) is 18.7. The molecule has 2 aliphatic rings. The van der Waals surface area contributed by atoms with Crippen molar-refractivity contribution >= 4 is 33.3 Å². The van der Waals surface area contributed by atoms with Gasteiger partial charge in [-0.25, -0.2) is 10.1 Å². The molecule has 7 nitrogen and oxygen atoms in total. The van der Waals surface area contributed by atoms with Gasteiger partial charge in [0.15, 0.2) is 0 Å². The van der Waals surface area contributed by atoms with Gasteiger partial charge in [0, 0.05) is 31.7 Å². The van der Waals surface area contributed by atoms with Crippen LogP contribution in [0, 0.1) is 0 Å².